The molecule has 0 saturated carbocycles. The summed E-state index contributed by atoms with van der Waals surface area (Å²) >= 11 is 0. The number of hydrogen-bond donors (Lipinski definition) is 2. The molecule has 3 atom stereocenters. The Kier molecular flexibility index (Phi) is 55.4. The van der Waals surface area contributed by atoms with Gasteiger partial charge in [-0.1, -0.05) is 246 Å². The van der Waals surface area contributed by atoms with E-state index in [1.807, 2.05) is 33.3 Å². The number of phosphoric ester groups is 1. The molecule has 0 rings (SSSR count). The average molecular weight is 1120 g/mol. The van der Waals surface area contributed by atoms with Crippen molar-refractivity contribution in [2.75, 3.05) is 40.9 Å². The minimum atomic E-state index is -4.47. The van der Waals surface area contributed by atoms with Crippen molar-refractivity contribution in [1.29, 1.82) is 0 Å². The second kappa shape index (κ2) is 57.9. The lowest BCUT2D eigenvalue weighted by Gasteiger charge is -2.27. The Morgan fingerprint density at radius 3 is 1.20 bits per heavy atom. The predicted octanol–water partition coefficient (Wildman–Crippen LogP) is 20.1. The standard InChI is InChI=1S/C69H121N2O7P/c1-7-10-13-16-19-22-25-27-29-31-32-33-34-35-36-37-38-40-42-44-47-50-53-56-59-62-69(73)78-67(60-57-54-51-48-45-24-21-18-15-12-9-3)66(65-77-79(74,75)76-64-63-71(4,5)6)70-68(72)61-58-55-52-49-46-43-41-39-30-28-26-23-20-17-14-11-8-2/h19-20,22-23,27-30,32-33,35-36,41,43,49,52,57,60,66-67H,7-18,21,24-26,31,34,37-40,42,44-48,50-51,53-56,58-59,61-65H2,1-6H3,(H-,70,72,74,75)/p+1/b22-19-,23-20-,29-27-,30-28-,33-32-,36-35-,43-41-,52-49-,60-57-. The summed E-state index contributed by atoms with van der Waals surface area (Å²) in [6.45, 7) is 6.90. The largest absolute Gasteiger partial charge is 0.472 e. The summed E-state index contributed by atoms with van der Waals surface area (Å²) < 4.78 is 30.7. The number of hydrogen-bond acceptors (Lipinski definition) is 6. The summed E-state index contributed by atoms with van der Waals surface area (Å²) in [6.07, 6.45) is 79.6. The Morgan fingerprint density at radius 1 is 0.443 bits per heavy atom. The van der Waals surface area contributed by atoms with Crippen molar-refractivity contribution < 1.29 is 37.3 Å². The van der Waals surface area contributed by atoms with Crippen LogP contribution in [0.1, 0.15) is 265 Å². The van der Waals surface area contributed by atoms with Crippen LogP contribution in [-0.4, -0.2) is 74.3 Å². The Bertz CT molecular complexity index is 1720. The van der Waals surface area contributed by atoms with Gasteiger partial charge in [-0.2, -0.15) is 0 Å². The maximum Gasteiger partial charge on any atom is 0.472 e. The third-order valence-corrected chi connectivity index (χ3v) is 14.7. The fraction of sp³-hybridized carbons (Fsp3) is 0.710. The molecule has 0 heterocycles. The van der Waals surface area contributed by atoms with Gasteiger partial charge in [0, 0.05) is 12.8 Å². The molecule has 9 nitrogen and oxygen atoms in total. The first kappa shape index (κ1) is 75.7. The average Bonchev–Trinajstić information content (AvgIpc) is 3.41. The molecule has 0 spiro atoms. The predicted molar refractivity (Wildman–Crippen MR) is 341 cm³/mol. The molecular weight excluding hydrogens is 1000 g/mol. The normalized spacial score (nSPS) is 14.4. The maximum atomic E-state index is 13.5. The number of esters is 1. The van der Waals surface area contributed by atoms with Gasteiger partial charge >= 0.3 is 13.8 Å². The minimum Gasteiger partial charge on any atom is -0.456 e. The highest BCUT2D eigenvalue weighted by Crippen LogP contribution is 2.43. The van der Waals surface area contributed by atoms with Crippen LogP contribution >= 0.6 is 7.82 Å². The summed E-state index contributed by atoms with van der Waals surface area (Å²) in [4.78, 5) is 37.7. The zero-order valence-corrected chi connectivity index (χ0v) is 52.7. The lowest BCUT2D eigenvalue weighted by atomic mass is 10.1. The number of unbranched alkanes of at least 4 members (excludes halogenated alkanes) is 25. The topological polar surface area (TPSA) is 111 Å². The van der Waals surface area contributed by atoms with Crippen molar-refractivity contribution >= 4 is 19.7 Å². The zero-order valence-electron chi connectivity index (χ0n) is 51.8. The van der Waals surface area contributed by atoms with Gasteiger partial charge in [-0.3, -0.25) is 18.6 Å². The van der Waals surface area contributed by atoms with E-state index < -0.39 is 20.0 Å². The number of allylic oxidation sites excluding steroid dienone is 17. The molecule has 0 aromatic carbocycles. The number of nitrogens with one attached hydrogen (secondary N) is 1. The molecule has 0 saturated heterocycles. The van der Waals surface area contributed by atoms with Gasteiger partial charge in [0.25, 0.3) is 0 Å². The number of rotatable bonds is 57. The highest BCUT2D eigenvalue weighted by atomic mass is 31.2. The van der Waals surface area contributed by atoms with Gasteiger partial charge in [0.15, 0.2) is 0 Å². The van der Waals surface area contributed by atoms with Crippen LogP contribution in [0.5, 0.6) is 0 Å². The molecule has 1 amide bonds. The molecule has 0 radical (unpaired) electrons. The van der Waals surface area contributed by atoms with E-state index in [4.69, 9.17) is 13.8 Å². The number of carbonyl (C=O) groups excluding carboxylic acids is 2. The number of likely N-dealkylation sites (N-methyl/N-ethyl adjacent to an activating group) is 1. The van der Waals surface area contributed by atoms with E-state index in [0.717, 1.165) is 96.3 Å². The van der Waals surface area contributed by atoms with Crippen molar-refractivity contribution in [3.8, 4) is 0 Å². The van der Waals surface area contributed by atoms with Crippen molar-refractivity contribution in [3.05, 3.63) is 109 Å². The van der Waals surface area contributed by atoms with Gasteiger partial charge in [0.2, 0.25) is 5.91 Å². The smallest absolute Gasteiger partial charge is 0.456 e. The highest BCUT2D eigenvalue weighted by Gasteiger charge is 2.30. The maximum absolute atomic E-state index is 13.5. The molecule has 0 aromatic rings. The number of nitrogens with zero attached hydrogens (tertiary/aromatic N) is 1. The van der Waals surface area contributed by atoms with Crippen molar-refractivity contribution in [2.45, 2.75) is 277 Å². The third kappa shape index (κ3) is 59.1. The lowest BCUT2D eigenvalue weighted by Crippen LogP contribution is -2.47. The molecule has 0 bridgehead atoms. The fourth-order valence-electron chi connectivity index (χ4n) is 8.68. The van der Waals surface area contributed by atoms with Crippen LogP contribution in [0.15, 0.2) is 109 Å². The van der Waals surface area contributed by atoms with Crippen LogP contribution < -0.4 is 5.32 Å². The monoisotopic (exact) mass is 1120 g/mol. The van der Waals surface area contributed by atoms with Crippen LogP contribution in [0, 0.1) is 0 Å². The Labute approximate surface area is 487 Å². The van der Waals surface area contributed by atoms with Crippen LogP contribution in [0.4, 0.5) is 0 Å². The summed E-state index contributed by atoms with van der Waals surface area (Å²) in [5.41, 5.74) is 0. The molecule has 10 heteroatoms. The van der Waals surface area contributed by atoms with E-state index >= 15 is 0 Å². The zero-order chi connectivity index (χ0) is 57.9. The molecule has 0 aliphatic carbocycles. The quantitative estimate of drug-likeness (QED) is 0.0205. The Morgan fingerprint density at radius 2 is 0.785 bits per heavy atom. The molecule has 0 aliphatic rings. The second-order valence-electron chi connectivity index (χ2n) is 22.6. The Hall–Kier alpha value is -3.33. The SMILES string of the molecule is CCCCC/C=C\C/C=C\C/C=C\C/C=C\CCCCCCCCCCCC(=O)OC(/C=C\CCCCCCCCCCC)C(COP(=O)(O)OCC[N+](C)(C)C)NC(=O)CCC/C=C\C/C=C\C/C=C\C/C=C\CCCCC. The van der Waals surface area contributed by atoms with E-state index in [1.165, 1.54) is 128 Å². The van der Waals surface area contributed by atoms with Gasteiger partial charge in [-0.05, 0) is 115 Å². The first-order chi connectivity index (χ1) is 38.4. The van der Waals surface area contributed by atoms with Gasteiger partial charge in [0.1, 0.15) is 19.3 Å². The van der Waals surface area contributed by atoms with Gasteiger partial charge < -0.3 is 19.4 Å². The van der Waals surface area contributed by atoms with Crippen molar-refractivity contribution in [3.63, 3.8) is 0 Å². The summed E-state index contributed by atoms with van der Waals surface area (Å²) in [5.74, 6) is -0.582. The third-order valence-electron chi connectivity index (χ3n) is 13.7. The van der Waals surface area contributed by atoms with Gasteiger partial charge in [-0.15, -0.1) is 0 Å². The van der Waals surface area contributed by atoms with Crippen LogP contribution in [0.2, 0.25) is 0 Å². The number of ether oxygens (including phenoxy) is 1. The number of amides is 1. The van der Waals surface area contributed by atoms with E-state index in [1.54, 1.807) is 0 Å². The summed E-state index contributed by atoms with van der Waals surface area (Å²) in [7, 11) is 1.45. The molecule has 0 aromatic heterocycles. The molecule has 454 valence electrons. The highest BCUT2D eigenvalue weighted by molar-refractivity contribution is 7.47. The number of carbonyl (C=O) groups is 2. The van der Waals surface area contributed by atoms with Crippen molar-refractivity contribution in [2.24, 2.45) is 0 Å². The fourth-order valence-corrected chi connectivity index (χ4v) is 9.42. The minimum absolute atomic E-state index is 0.0240. The first-order valence-electron chi connectivity index (χ1n) is 32.2. The second-order valence-corrected chi connectivity index (χ2v) is 24.0. The van der Waals surface area contributed by atoms with E-state index in [9.17, 15) is 19.0 Å². The molecule has 0 fully saturated rings. The summed E-state index contributed by atoms with van der Waals surface area (Å²) in [6, 6.07) is -0.886. The lowest BCUT2D eigenvalue weighted by molar-refractivity contribution is -0.870. The van der Waals surface area contributed by atoms with Crippen LogP contribution in [0.25, 0.3) is 0 Å². The van der Waals surface area contributed by atoms with Crippen LogP contribution in [-0.2, 0) is 27.9 Å². The molecule has 2 N–H and O–H groups in total. The number of quaternary nitrogens is 1. The molecule has 3 unspecified atom stereocenters. The van der Waals surface area contributed by atoms with E-state index in [-0.39, 0.29) is 37.9 Å². The van der Waals surface area contributed by atoms with E-state index in [0.29, 0.717) is 17.4 Å². The first-order valence-corrected chi connectivity index (χ1v) is 33.7. The van der Waals surface area contributed by atoms with Crippen LogP contribution in [0.3, 0.4) is 0 Å². The van der Waals surface area contributed by atoms with Gasteiger partial charge in [0.05, 0.1) is 33.8 Å². The molecule has 79 heavy (non-hydrogen) atoms. The van der Waals surface area contributed by atoms with Crippen molar-refractivity contribution in [1.82, 2.24) is 5.32 Å². The van der Waals surface area contributed by atoms with E-state index in [2.05, 4.69) is 123 Å². The molecular formula is C69H122N2O7P+. The Balaban J connectivity index is 5.22. The van der Waals surface area contributed by atoms with Gasteiger partial charge in [-0.25, -0.2) is 4.57 Å². The number of phosphoric acid groups is 1. The molecule has 0 aliphatic heterocycles. The summed E-state index contributed by atoms with van der Waals surface area (Å²) in [5, 5.41) is 3.02.